The van der Waals surface area contributed by atoms with Crippen LogP contribution in [0.15, 0.2) is 18.2 Å². The highest BCUT2D eigenvalue weighted by molar-refractivity contribution is 7.61. The third-order valence-electron chi connectivity index (χ3n) is 4.40. The molecule has 0 radical (unpaired) electrons. The zero-order chi connectivity index (χ0) is 22.8. The summed E-state index contributed by atoms with van der Waals surface area (Å²) < 4.78 is 83.0. The quantitative estimate of drug-likeness (QED) is 0.267. The lowest BCUT2D eigenvalue weighted by Crippen LogP contribution is -2.31. The first kappa shape index (κ1) is 26.0. The van der Waals surface area contributed by atoms with E-state index in [0.29, 0.717) is 24.0 Å². The minimum atomic E-state index is -4.87. The van der Waals surface area contributed by atoms with Crippen LogP contribution in [-0.2, 0) is 17.0 Å². The van der Waals surface area contributed by atoms with E-state index in [1.165, 1.54) is 0 Å². The standard InChI is InChI=1S/C19H28BF6NOP/c1-16(2,3)29(17(4,5)6)11-15(27)10-28-20-14-8-12(18(21,22)23)7-13(9-14)19(24,25)26/h7-9,27H,10-11,20H2,1-6H3/q-1. The van der Waals surface area contributed by atoms with Crippen LogP contribution in [0.5, 0.6) is 0 Å². The Balaban J connectivity index is 2.87. The van der Waals surface area contributed by atoms with Crippen molar-refractivity contribution in [1.29, 1.82) is 5.41 Å². The molecule has 0 atom stereocenters. The van der Waals surface area contributed by atoms with E-state index in [0.717, 1.165) is 0 Å². The Kier molecular flexibility index (Phi) is 8.03. The van der Waals surface area contributed by atoms with Gasteiger partial charge in [-0.1, -0.05) is 61.6 Å². The number of alkyl halides is 6. The third kappa shape index (κ3) is 8.29. The maximum Gasteiger partial charge on any atom is 0.416 e. The van der Waals surface area contributed by atoms with Crippen LogP contribution in [0.1, 0.15) is 52.7 Å². The third-order valence-corrected chi connectivity index (χ3v) is 8.34. The molecule has 0 aliphatic carbocycles. The molecular weight excluding hydrogens is 414 g/mol. The molecular formula is C19H28BF6NOP-. The second kappa shape index (κ2) is 8.97. The molecule has 10 heteroatoms. The Morgan fingerprint density at radius 1 is 0.862 bits per heavy atom. The van der Waals surface area contributed by atoms with Crippen molar-refractivity contribution in [3.63, 3.8) is 0 Å². The van der Waals surface area contributed by atoms with E-state index in [-0.39, 0.29) is 28.4 Å². The van der Waals surface area contributed by atoms with E-state index < -0.39 is 38.9 Å². The number of rotatable bonds is 6. The molecule has 29 heavy (non-hydrogen) atoms. The molecule has 0 amide bonds. The van der Waals surface area contributed by atoms with Crippen molar-refractivity contribution < 1.29 is 31.0 Å². The molecule has 0 aliphatic heterocycles. The highest BCUT2D eigenvalue weighted by atomic mass is 31.1. The summed E-state index contributed by atoms with van der Waals surface area (Å²) in [5, 5.41) is 8.18. The zero-order valence-electron chi connectivity index (χ0n) is 17.8. The second-order valence-corrected chi connectivity index (χ2v) is 13.1. The van der Waals surface area contributed by atoms with Crippen molar-refractivity contribution in [1.82, 2.24) is 0 Å². The van der Waals surface area contributed by atoms with Crippen molar-refractivity contribution in [2.24, 2.45) is 0 Å². The largest absolute Gasteiger partial charge is 0.587 e. The Morgan fingerprint density at radius 2 is 1.28 bits per heavy atom. The highest BCUT2D eigenvalue weighted by Gasteiger charge is 2.36. The van der Waals surface area contributed by atoms with E-state index in [1.807, 2.05) is 0 Å². The summed E-state index contributed by atoms with van der Waals surface area (Å²) in [6.45, 7) is 12.5. The van der Waals surface area contributed by atoms with Gasteiger partial charge in [-0.15, -0.1) is 0 Å². The van der Waals surface area contributed by atoms with Crippen LogP contribution in [0.4, 0.5) is 26.3 Å². The lowest BCUT2D eigenvalue weighted by atomic mass is 9.85. The molecule has 1 aromatic carbocycles. The van der Waals surface area contributed by atoms with Gasteiger partial charge in [-0.3, -0.25) is 0 Å². The first-order chi connectivity index (χ1) is 12.8. The van der Waals surface area contributed by atoms with Crippen molar-refractivity contribution in [3.8, 4) is 0 Å². The van der Waals surface area contributed by atoms with E-state index in [1.54, 1.807) is 0 Å². The van der Waals surface area contributed by atoms with E-state index >= 15 is 0 Å². The molecule has 1 aromatic rings. The lowest BCUT2D eigenvalue weighted by Gasteiger charge is -2.41. The Hall–Kier alpha value is -1.08. The normalized spacial score (nSPS) is 13.8. The van der Waals surface area contributed by atoms with Gasteiger partial charge in [0.1, 0.15) is 7.48 Å². The molecule has 0 saturated heterocycles. The van der Waals surface area contributed by atoms with Gasteiger partial charge < -0.3 is 10.1 Å². The van der Waals surface area contributed by atoms with Crippen LogP contribution in [0.3, 0.4) is 0 Å². The van der Waals surface area contributed by atoms with Gasteiger partial charge in [-0.2, -0.15) is 31.8 Å². The van der Waals surface area contributed by atoms with Crippen LogP contribution in [0.2, 0.25) is 0 Å². The minimum absolute atomic E-state index is 0.00117. The molecule has 0 bridgehead atoms. The van der Waals surface area contributed by atoms with E-state index in [9.17, 15) is 26.3 Å². The van der Waals surface area contributed by atoms with Crippen molar-refractivity contribution >= 4 is 26.6 Å². The fraction of sp³-hybridized carbons (Fsp3) is 0.632. The first-order valence-corrected chi connectivity index (χ1v) is 10.8. The fourth-order valence-electron chi connectivity index (χ4n) is 3.36. The van der Waals surface area contributed by atoms with Crippen LogP contribution in [0, 0.1) is 5.41 Å². The summed E-state index contributed by atoms with van der Waals surface area (Å²) in [7, 11) is -2.29. The van der Waals surface area contributed by atoms with Crippen LogP contribution < -0.4 is 5.46 Å². The van der Waals surface area contributed by atoms with Gasteiger partial charge in [0.2, 0.25) is 0 Å². The van der Waals surface area contributed by atoms with Crippen molar-refractivity contribution in [3.05, 3.63) is 29.3 Å². The van der Waals surface area contributed by atoms with Crippen molar-refractivity contribution in [2.45, 2.75) is 64.2 Å². The Labute approximate surface area is 169 Å². The zero-order valence-corrected chi connectivity index (χ0v) is 18.7. The summed E-state index contributed by atoms with van der Waals surface area (Å²) in [5.41, 5.74) is -2.47. The van der Waals surface area contributed by atoms with E-state index in [4.69, 9.17) is 10.1 Å². The van der Waals surface area contributed by atoms with Gasteiger partial charge >= 0.3 is 12.4 Å². The Bertz CT molecular complexity index is 673. The van der Waals surface area contributed by atoms with Crippen LogP contribution in [0.25, 0.3) is 0 Å². The van der Waals surface area contributed by atoms with Gasteiger partial charge in [0.15, 0.2) is 0 Å². The van der Waals surface area contributed by atoms with Gasteiger partial charge in [0.25, 0.3) is 0 Å². The summed E-state index contributed by atoms with van der Waals surface area (Å²) in [5.74, 6) is 0. The van der Waals surface area contributed by atoms with Crippen LogP contribution in [-0.4, -0.2) is 36.3 Å². The maximum atomic E-state index is 12.9. The molecule has 0 spiro atoms. The van der Waals surface area contributed by atoms with E-state index in [2.05, 4.69) is 41.5 Å². The Morgan fingerprint density at radius 3 is 1.62 bits per heavy atom. The topological polar surface area (TPSA) is 33.1 Å². The summed E-state index contributed by atoms with van der Waals surface area (Å²) in [4.78, 5) is 0. The average Bonchev–Trinajstić information content (AvgIpc) is 2.48. The first-order valence-electron chi connectivity index (χ1n) is 9.28. The van der Waals surface area contributed by atoms with Gasteiger partial charge in [-0.25, -0.2) is 0 Å². The SMILES string of the molecule is CC(C)(C)P(CC(=N)CO[BH2-]c1cc(C(F)(F)F)cc(C(F)(F)F)c1)C(C)(C)C. The molecule has 0 saturated carbocycles. The number of hydrogen-bond acceptors (Lipinski definition) is 2. The summed E-state index contributed by atoms with van der Waals surface area (Å²) in [6, 6.07) is 1.52. The fourth-order valence-corrected chi connectivity index (χ4v) is 6.79. The van der Waals surface area contributed by atoms with Crippen LogP contribution >= 0.6 is 7.92 Å². The minimum Gasteiger partial charge on any atom is -0.587 e. The lowest BCUT2D eigenvalue weighted by molar-refractivity contribution is -0.142. The molecule has 0 fully saturated rings. The molecule has 0 aliphatic rings. The summed E-state index contributed by atoms with van der Waals surface area (Å²) >= 11 is 0. The number of halogens is 6. The molecule has 0 unspecified atom stereocenters. The maximum absolute atomic E-state index is 12.9. The monoisotopic (exact) mass is 442 g/mol. The smallest absolute Gasteiger partial charge is 0.416 e. The highest BCUT2D eigenvalue weighted by Crippen LogP contribution is 2.58. The number of nitrogens with one attached hydrogen (secondary N) is 1. The number of benzene rings is 1. The molecule has 2 nitrogen and oxygen atoms in total. The molecule has 0 aromatic heterocycles. The molecule has 1 rings (SSSR count). The predicted octanol–water partition coefficient (Wildman–Crippen LogP) is 5.55. The number of hydrogen-bond donors (Lipinski definition) is 1. The molecule has 0 heterocycles. The summed E-state index contributed by atoms with van der Waals surface area (Å²) in [6.07, 6.45) is -9.22. The predicted molar refractivity (Wildman–Crippen MR) is 110 cm³/mol. The second-order valence-electron chi connectivity index (χ2n) is 9.25. The molecule has 166 valence electrons. The van der Waals surface area contributed by atoms with Gasteiger partial charge in [0.05, 0.1) is 11.1 Å². The van der Waals surface area contributed by atoms with Gasteiger partial charge in [0, 0.05) is 18.5 Å². The van der Waals surface area contributed by atoms with Crippen molar-refractivity contribution in [2.75, 3.05) is 12.8 Å². The average molecular weight is 442 g/mol. The van der Waals surface area contributed by atoms with Gasteiger partial charge in [-0.05, 0) is 16.4 Å². The molecule has 1 N–H and O–H groups in total.